The number of nitrogens with one attached hydrogen (secondary N) is 1. The summed E-state index contributed by atoms with van der Waals surface area (Å²) in [4.78, 5) is 13.3. The molecular formula is C73H127NO13. The van der Waals surface area contributed by atoms with E-state index in [1.54, 1.807) is 0 Å². The van der Waals surface area contributed by atoms with E-state index in [2.05, 4.69) is 116 Å². The van der Waals surface area contributed by atoms with Gasteiger partial charge in [-0.1, -0.05) is 278 Å². The summed E-state index contributed by atoms with van der Waals surface area (Å²) in [6, 6.07) is -0.838. The van der Waals surface area contributed by atoms with Crippen molar-refractivity contribution in [3.63, 3.8) is 0 Å². The third-order valence-corrected chi connectivity index (χ3v) is 16.6. The minimum Gasteiger partial charge on any atom is -0.394 e. The summed E-state index contributed by atoms with van der Waals surface area (Å²) in [5, 5.41) is 87.6. The smallest absolute Gasteiger partial charge is 0.220 e. The summed E-state index contributed by atoms with van der Waals surface area (Å²) in [5.41, 5.74) is 0. The van der Waals surface area contributed by atoms with Crippen LogP contribution in [0, 0.1) is 0 Å². The van der Waals surface area contributed by atoms with Crippen LogP contribution >= 0.6 is 0 Å². The zero-order chi connectivity index (χ0) is 63.1. The Labute approximate surface area is 528 Å². The second-order valence-corrected chi connectivity index (χ2v) is 24.3. The molecule has 14 nitrogen and oxygen atoms in total. The van der Waals surface area contributed by atoms with Gasteiger partial charge in [-0.15, -0.1) is 0 Å². The third kappa shape index (κ3) is 41.1. The number of aliphatic hydroxyl groups is 8. The van der Waals surface area contributed by atoms with Gasteiger partial charge >= 0.3 is 0 Å². The average Bonchev–Trinajstić information content (AvgIpc) is 3.71. The zero-order valence-corrected chi connectivity index (χ0v) is 54.5. The lowest BCUT2D eigenvalue weighted by atomic mass is 9.97. The predicted molar refractivity (Wildman–Crippen MR) is 355 cm³/mol. The highest BCUT2D eigenvalue weighted by molar-refractivity contribution is 5.76. The van der Waals surface area contributed by atoms with Crippen LogP contribution in [0.5, 0.6) is 0 Å². The van der Waals surface area contributed by atoms with Crippen molar-refractivity contribution in [3.8, 4) is 0 Å². The van der Waals surface area contributed by atoms with Gasteiger partial charge in [0.15, 0.2) is 12.6 Å². The molecule has 0 bridgehead atoms. The molecule has 0 aromatic heterocycles. The lowest BCUT2D eigenvalue weighted by molar-refractivity contribution is -0.359. The fourth-order valence-corrected chi connectivity index (χ4v) is 11.0. The van der Waals surface area contributed by atoms with E-state index < -0.39 is 86.8 Å². The summed E-state index contributed by atoms with van der Waals surface area (Å²) < 4.78 is 22.9. The second-order valence-electron chi connectivity index (χ2n) is 24.3. The van der Waals surface area contributed by atoms with Gasteiger partial charge in [0.1, 0.15) is 48.8 Å². The van der Waals surface area contributed by atoms with Crippen LogP contribution in [0.3, 0.4) is 0 Å². The van der Waals surface area contributed by atoms with Crippen LogP contribution in [0.4, 0.5) is 0 Å². The highest BCUT2D eigenvalue weighted by Crippen LogP contribution is 2.30. The molecule has 87 heavy (non-hydrogen) atoms. The van der Waals surface area contributed by atoms with Gasteiger partial charge in [-0.25, -0.2) is 0 Å². The maximum atomic E-state index is 13.3. The molecule has 0 aliphatic carbocycles. The summed E-state index contributed by atoms with van der Waals surface area (Å²) in [5.74, 6) is -0.213. The molecule has 2 fully saturated rings. The van der Waals surface area contributed by atoms with E-state index in [1.807, 2.05) is 0 Å². The molecule has 0 saturated carbocycles. The molecule has 2 aliphatic heterocycles. The van der Waals surface area contributed by atoms with E-state index in [0.717, 1.165) is 103 Å². The van der Waals surface area contributed by atoms with Gasteiger partial charge in [0.05, 0.1) is 32.0 Å². The van der Waals surface area contributed by atoms with Crippen LogP contribution in [0.25, 0.3) is 0 Å². The molecule has 2 rings (SSSR count). The van der Waals surface area contributed by atoms with Crippen LogP contribution in [-0.4, -0.2) is 140 Å². The molecule has 502 valence electrons. The number of rotatable bonds is 56. The van der Waals surface area contributed by atoms with Gasteiger partial charge in [0.25, 0.3) is 0 Å². The Morgan fingerprint density at radius 2 is 0.793 bits per heavy atom. The minimum atomic E-state index is -1.79. The highest BCUT2D eigenvalue weighted by Gasteiger charge is 2.51. The molecule has 0 aromatic carbocycles. The van der Waals surface area contributed by atoms with Crippen LogP contribution in [0.1, 0.15) is 264 Å². The zero-order valence-electron chi connectivity index (χ0n) is 54.5. The Hall–Kier alpha value is -3.09. The number of aliphatic hydroxyl groups excluding tert-OH is 8. The Bertz CT molecular complexity index is 1830. The van der Waals surface area contributed by atoms with Gasteiger partial charge in [0.2, 0.25) is 5.91 Å². The summed E-state index contributed by atoms with van der Waals surface area (Å²) in [6.07, 6.45) is 62.7. The molecule has 0 radical (unpaired) electrons. The van der Waals surface area contributed by atoms with Crippen molar-refractivity contribution >= 4 is 5.91 Å². The fourth-order valence-electron chi connectivity index (χ4n) is 11.0. The SMILES string of the molecule is CC/C=C\C/C=C\C/C=C\C/C=C\C/C=C\C/C=C\C/C=C\C/C=C\CCCCCCCCCCCCC(=O)NC(COC1OC(CO)C(OC2OC(CO)C(O)C(O)C2O)C(O)C1O)C(O)CCCCCCCCCCCCCCCCCCCC. The first-order valence-electron chi connectivity index (χ1n) is 35.0. The molecule has 0 aromatic rings. The Balaban J connectivity index is 1.65. The maximum Gasteiger partial charge on any atom is 0.220 e. The number of carbonyl (C=O) groups excluding carboxylic acids is 1. The van der Waals surface area contributed by atoms with E-state index in [9.17, 15) is 45.6 Å². The molecule has 2 heterocycles. The van der Waals surface area contributed by atoms with Crippen LogP contribution in [0.2, 0.25) is 0 Å². The standard InChI is InChI=1S/C73H127NO13/c1-3-5-7-9-11-13-15-17-19-21-23-24-25-26-27-28-29-30-31-32-33-34-35-36-37-38-39-41-43-45-47-49-51-53-55-57-65(78)74-61(62(77)56-54-52-50-48-46-44-42-40-22-20-18-16-14-12-10-8-6-4-2)60-84-72-70(83)68(81)71(64(59-76)86-72)87-73-69(82)67(80)66(79)63(58-75)85-73/h5,7,11,13,17,19,23-24,26-27,29-30,32-33,35-36,61-64,66-73,75-77,79-83H,3-4,6,8-10,12,14-16,18,20-22,25,28,31,34,37-60H2,1-2H3,(H,74,78)/b7-5-,13-11-,19-17-,24-23-,27-26-,30-29-,33-32-,36-35-. The molecule has 0 spiro atoms. The molecule has 1 amide bonds. The van der Waals surface area contributed by atoms with Crippen LogP contribution in [-0.2, 0) is 23.7 Å². The largest absolute Gasteiger partial charge is 0.394 e. The predicted octanol–water partition coefficient (Wildman–Crippen LogP) is 14.2. The van der Waals surface area contributed by atoms with Gasteiger partial charge in [0, 0.05) is 6.42 Å². The van der Waals surface area contributed by atoms with E-state index in [0.29, 0.717) is 19.3 Å². The Morgan fingerprint density at radius 3 is 1.22 bits per heavy atom. The van der Waals surface area contributed by atoms with Crippen LogP contribution < -0.4 is 5.32 Å². The topological polar surface area (TPSA) is 228 Å². The summed E-state index contributed by atoms with van der Waals surface area (Å²) in [7, 11) is 0. The summed E-state index contributed by atoms with van der Waals surface area (Å²) in [6.45, 7) is 2.76. The lowest BCUT2D eigenvalue weighted by Gasteiger charge is -2.46. The number of hydrogen-bond acceptors (Lipinski definition) is 13. The molecular weight excluding hydrogens is 1100 g/mol. The lowest BCUT2D eigenvalue weighted by Crippen LogP contribution is -2.65. The molecule has 12 unspecified atom stereocenters. The van der Waals surface area contributed by atoms with E-state index in [1.165, 1.54) is 128 Å². The van der Waals surface area contributed by atoms with E-state index >= 15 is 0 Å². The quantitative estimate of drug-likeness (QED) is 0.0204. The average molecular weight is 1230 g/mol. The molecule has 14 heteroatoms. The Kier molecular flexibility index (Phi) is 52.3. The van der Waals surface area contributed by atoms with Gasteiger partial charge in [-0.2, -0.15) is 0 Å². The van der Waals surface area contributed by atoms with Crippen molar-refractivity contribution in [2.24, 2.45) is 0 Å². The number of ether oxygens (including phenoxy) is 4. The molecule has 2 aliphatic rings. The van der Waals surface area contributed by atoms with Crippen LogP contribution in [0.15, 0.2) is 97.2 Å². The van der Waals surface area contributed by atoms with E-state index in [4.69, 9.17) is 18.9 Å². The number of unbranched alkanes of at least 4 members (excludes halogenated alkanes) is 27. The normalized spacial score (nSPS) is 23.9. The van der Waals surface area contributed by atoms with Gasteiger partial charge in [-0.05, 0) is 77.0 Å². The van der Waals surface area contributed by atoms with Gasteiger partial charge < -0.3 is 65.1 Å². The Morgan fingerprint density at radius 1 is 0.425 bits per heavy atom. The van der Waals surface area contributed by atoms with Crippen molar-refractivity contribution < 1.29 is 64.6 Å². The molecule has 12 atom stereocenters. The highest BCUT2D eigenvalue weighted by atomic mass is 16.7. The second kappa shape index (κ2) is 56.9. The maximum absolute atomic E-state index is 13.3. The number of amides is 1. The third-order valence-electron chi connectivity index (χ3n) is 16.6. The van der Waals surface area contributed by atoms with Crippen molar-refractivity contribution in [3.05, 3.63) is 97.2 Å². The van der Waals surface area contributed by atoms with Crippen molar-refractivity contribution in [2.75, 3.05) is 19.8 Å². The molecule has 2 saturated heterocycles. The van der Waals surface area contributed by atoms with Crippen molar-refractivity contribution in [1.82, 2.24) is 5.32 Å². The number of allylic oxidation sites excluding steroid dienone is 16. The van der Waals surface area contributed by atoms with Gasteiger partial charge in [-0.3, -0.25) is 4.79 Å². The minimum absolute atomic E-state index is 0.213. The first-order chi connectivity index (χ1) is 42.6. The first kappa shape index (κ1) is 80.0. The van der Waals surface area contributed by atoms with Crippen molar-refractivity contribution in [1.29, 1.82) is 0 Å². The summed E-state index contributed by atoms with van der Waals surface area (Å²) >= 11 is 0. The number of hydrogen-bond donors (Lipinski definition) is 9. The number of carbonyl (C=O) groups is 1. The van der Waals surface area contributed by atoms with E-state index in [-0.39, 0.29) is 12.5 Å². The molecule has 9 N–H and O–H groups in total. The monoisotopic (exact) mass is 1230 g/mol. The first-order valence-corrected chi connectivity index (χ1v) is 35.0. The van der Waals surface area contributed by atoms with Crippen molar-refractivity contribution in [2.45, 2.75) is 338 Å². The fraction of sp³-hybridized carbons (Fsp3) is 0.767.